The first-order valence-electron chi connectivity index (χ1n) is 6.50. The van der Waals surface area contributed by atoms with E-state index in [1.807, 2.05) is 20.8 Å². The number of carbonyl (C=O) groups excluding carboxylic acids is 3. The van der Waals surface area contributed by atoms with Crippen molar-refractivity contribution in [3.8, 4) is 0 Å². The third-order valence-corrected chi connectivity index (χ3v) is 2.62. The zero-order chi connectivity index (χ0) is 15.5. The average molecular weight is 279 g/mol. The van der Waals surface area contributed by atoms with Crippen LogP contribution in [0.3, 0.4) is 0 Å². The lowest BCUT2D eigenvalue weighted by molar-refractivity contribution is -0.135. The predicted molar refractivity (Wildman–Crippen MR) is 76.2 cm³/mol. The van der Waals surface area contributed by atoms with E-state index in [9.17, 15) is 14.4 Å². The molecule has 20 heavy (non-hydrogen) atoms. The van der Waals surface area contributed by atoms with E-state index in [1.54, 1.807) is 19.9 Å². The molecule has 0 aliphatic carbocycles. The molecule has 1 rings (SSSR count). The van der Waals surface area contributed by atoms with E-state index in [0.717, 1.165) is 0 Å². The molecule has 1 aliphatic rings. The Labute approximate surface area is 118 Å². The van der Waals surface area contributed by atoms with Gasteiger partial charge in [-0.2, -0.15) is 0 Å². The number of hydrogen-bond donors (Lipinski definition) is 2. The summed E-state index contributed by atoms with van der Waals surface area (Å²) >= 11 is 0. The Hall–Kier alpha value is -1.98. The maximum atomic E-state index is 12.0. The summed E-state index contributed by atoms with van der Waals surface area (Å²) in [6.07, 6.45) is 3.11. The fourth-order valence-corrected chi connectivity index (χ4v) is 1.64. The summed E-state index contributed by atoms with van der Waals surface area (Å²) in [5.74, 6) is -2.27. The largest absolute Gasteiger partial charge is 0.350 e. The molecule has 6 heteroatoms. The fraction of sp³-hybridized carbons (Fsp3) is 0.571. The lowest BCUT2D eigenvalue weighted by Crippen LogP contribution is -2.52. The summed E-state index contributed by atoms with van der Waals surface area (Å²) < 4.78 is 0. The van der Waals surface area contributed by atoms with Crippen LogP contribution in [0.5, 0.6) is 0 Å². The first-order chi connectivity index (χ1) is 9.10. The molecule has 0 fully saturated rings. The van der Waals surface area contributed by atoms with Crippen molar-refractivity contribution in [2.75, 3.05) is 0 Å². The number of dihydropyridines is 1. The molecule has 0 radical (unpaired) electrons. The summed E-state index contributed by atoms with van der Waals surface area (Å²) in [5, 5.41) is 5.29. The molecular formula is C14H21N3O3. The van der Waals surface area contributed by atoms with E-state index in [2.05, 4.69) is 15.6 Å². The van der Waals surface area contributed by atoms with E-state index < -0.39 is 23.8 Å². The fourth-order valence-electron chi connectivity index (χ4n) is 1.64. The van der Waals surface area contributed by atoms with Gasteiger partial charge in [-0.25, -0.2) is 4.99 Å². The van der Waals surface area contributed by atoms with E-state index in [4.69, 9.17) is 0 Å². The number of carbonyl (C=O) groups is 3. The van der Waals surface area contributed by atoms with Gasteiger partial charge >= 0.3 is 0 Å². The number of amides is 3. The Morgan fingerprint density at radius 3 is 2.45 bits per heavy atom. The van der Waals surface area contributed by atoms with E-state index in [0.29, 0.717) is 5.71 Å². The molecule has 0 saturated heterocycles. The zero-order valence-corrected chi connectivity index (χ0v) is 12.5. The van der Waals surface area contributed by atoms with E-state index in [-0.39, 0.29) is 11.4 Å². The van der Waals surface area contributed by atoms with Crippen LogP contribution in [0.15, 0.2) is 17.1 Å². The number of nitrogens with one attached hydrogen (secondary N) is 2. The van der Waals surface area contributed by atoms with Crippen molar-refractivity contribution >= 4 is 23.4 Å². The number of allylic oxidation sites excluding steroid dienone is 1. The molecule has 0 spiro atoms. The highest BCUT2D eigenvalue weighted by molar-refractivity contribution is 6.12. The van der Waals surface area contributed by atoms with Crippen molar-refractivity contribution in [3.05, 3.63) is 12.2 Å². The Morgan fingerprint density at radius 1 is 1.35 bits per heavy atom. The monoisotopic (exact) mass is 279 g/mol. The summed E-state index contributed by atoms with van der Waals surface area (Å²) in [7, 11) is 0. The van der Waals surface area contributed by atoms with E-state index >= 15 is 0 Å². The van der Waals surface area contributed by atoms with Gasteiger partial charge in [0.15, 0.2) is 0 Å². The van der Waals surface area contributed by atoms with Gasteiger partial charge in [0, 0.05) is 11.3 Å². The average Bonchev–Trinajstić information content (AvgIpc) is 2.26. The van der Waals surface area contributed by atoms with Crippen LogP contribution in [0.4, 0.5) is 0 Å². The minimum atomic E-state index is -0.955. The van der Waals surface area contributed by atoms with Crippen molar-refractivity contribution in [3.63, 3.8) is 0 Å². The third kappa shape index (κ3) is 4.60. The molecular weight excluding hydrogens is 258 g/mol. The smallest absolute Gasteiger partial charge is 0.262 e. The number of rotatable bonds is 3. The lowest BCUT2D eigenvalue weighted by Gasteiger charge is -2.24. The summed E-state index contributed by atoms with van der Waals surface area (Å²) in [6, 6.07) is -0.713. The molecule has 0 aromatic carbocycles. The molecule has 1 aliphatic heterocycles. The Bertz CT molecular complexity index is 486. The number of hydrogen-bond acceptors (Lipinski definition) is 3. The third-order valence-electron chi connectivity index (χ3n) is 2.62. The van der Waals surface area contributed by atoms with Crippen molar-refractivity contribution in [2.24, 2.45) is 10.9 Å². The Kier molecular flexibility index (Phi) is 4.81. The number of aliphatic imine (C=N–C) groups is 1. The van der Waals surface area contributed by atoms with Crippen LogP contribution in [0.25, 0.3) is 0 Å². The lowest BCUT2D eigenvalue weighted by atomic mass is 10.0. The van der Waals surface area contributed by atoms with Crippen LogP contribution < -0.4 is 10.6 Å². The standard InChI is InChI=1S/C14H21N3O3/c1-8-6-7-10(12(19)15-8)13(20)16-9(2)11(18)17-14(3,4)5/h6-7,9-10H,1-5H3,(H,16,20)(H,17,18). The van der Waals surface area contributed by atoms with Crippen LogP contribution in [-0.4, -0.2) is 35.0 Å². The van der Waals surface area contributed by atoms with Gasteiger partial charge in [0.25, 0.3) is 5.91 Å². The van der Waals surface area contributed by atoms with Gasteiger partial charge in [0.1, 0.15) is 12.0 Å². The van der Waals surface area contributed by atoms with Gasteiger partial charge in [-0.05, 0) is 40.7 Å². The second-order valence-electron chi connectivity index (χ2n) is 5.90. The quantitative estimate of drug-likeness (QED) is 0.741. The molecule has 2 atom stereocenters. The minimum Gasteiger partial charge on any atom is -0.350 e. The van der Waals surface area contributed by atoms with Crippen molar-refractivity contribution in [1.29, 1.82) is 0 Å². The van der Waals surface area contributed by atoms with Crippen LogP contribution >= 0.6 is 0 Å². The molecule has 0 bridgehead atoms. The van der Waals surface area contributed by atoms with E-state index in [1.165, 1.54) is 6.08 Å². The summed E-state index contributed by atoms with van der Waals surface area (Å²) in [6.45, 7) is 8.81. The zero-order valence-electron chi connectivity index (χ0n) is 12.5. The van der Waals surface area contributed by atoms with Crippen LogP contribution in [0.1, 0.15) is 34.6 Å². The van der Waals surface area contributed by atoms with Crippen LogP contribution in [0.2, 0.25) is 0 Å². The summed E-state index contributed by atoms with van der Waals surface area (Å²) in [5.41, 5.74) is 0.190. The van der Waals surface area contributed by atoms with Crippen LogP contribution in [-0.2, 0) is 14.4 Å². The Balaban J connectivity index is 2.61. The molecule has 0 aromatic heterocycles. The summed E-state index contributed by atoms with van der Waals surface area (Å²) in [4.78, 5) is 39.2. The molecule has 6 nitrogen and oxygen atoms in total. The van der Waals surface area contributed by atoms with Crippen molar-refractivity contribution in [1.82, 2.24) is 10.6 Å². The van der Waals surface area contributed by atoms with Gasteiger partial charge in [0.05, 0.1) is 0 Å². The molecule has 110 valence electrons. The van der Waals surface area contributed by atoms with Gasteiger partial charge in [-0.15, -0.1) is 0 Å². The van der Waals surface area contributed by atoms with Gasteiger partial charge < -0.3 is 10.6 Å². The first-order valence-corrected chi connectivity index (χ1v) is 6.50. The topological polar surface area (TPSA) is 87.6 Å². The van der Waals surface area contributed by atoms with Crippen LogP contribution in [0, 0.1) is 5.92 Å². The second kappa shape index (κ2) is 5.98. The number of nitrogens with zero attached hydrogens (tertiary/aromatic N) is 1. The van der Waals surface area contributed by atoms with Gasteiger partial charge in [-0.3, -0.25) is 14.4 Å². The van der Waals surface area contributed by atoms with Gasteiger partial charge in [0.2, 0.25) is 11.8 Å². The first kappa shape index (κ1) is 16.1. The molecule has 2 unspecified atom stereocenters. The molecule has 2 N–H and O–H groups in total. The Morgan fingerprint density at radius 2 is 1.95 bits per heavy atom. The molecule has 3 amide bonds. The highest BCUT2D eigenvalue weighted by atomic mass is 16.2. The predicted octanol–water partition coefficient (Wildman–Crippen LogP) is 0.579. The SMILES string of the molecule is CC1=NC(=O)C(C(=O)NC(C)C(=O)NC(C)(C)C)C=C1. The maximum absolute atomic E-state index is 12.0. The highest BCUT2D eigenvalue weighted by Crippen LogP contribution is 2.09. The van der Waals surface area contributed by atoms with Crippen molar-refractivity contribution < 1.29 is 14.4 Å². The van der Waals surface area contributed by atoms with Crippen molar-refractivity contribution in [2.45, 2.75) is 46.2 Å². The normalized spacial score (nSPS) is 20.1. The minimum absolute atomic E-state index is 0.294. The molecule has 1 heterocycles. The molecule has 0 aromatic rings. The maximum Gasteiger partial charge on any atom is 0.262 e. The highest BCUT2D eigenvalue weighted by Gasteiger charge is 2.29. The molecule has 0 saturated carbocycles. The second-order valence-corrected chi connectivity index (χ2v) is 5.90. The van der Waals surface area contributed by atoms with Gasteiger partial charge in [-0.1, -0.05) is 6.08 Å².